The van der Waals surface area contributed by atoms with E-state index >= 15 is 0 Å². The van der Waals surface area contributed by atoms with E-state index in [1.54, 1.807) is 0 Å². The van der Waals surface area contributed by atoms with Crippen molar-refractivity contribution in [2.24, 2.45) is 23.7 Å². The second-order valence-corrected chi connectivity index (χ2v) is 7.39. The van der Waals surface area contributed by atoms with E-state index in [9.17, 15) is 0 Å². The maximum Gasteiger partial charge on any atom is 0.0174 e. The monoisotopic (exact) mass is 272 g/mol. The van der Waals surface area contributed by atoms with Crippen molar-refractivity contribution in [2.75, 3.05) is 0 Å². The van der Waals surface area contributed by atoms with Gasteiger partial charge in [0.15, 0.2) is 0 Å². The van der Waals surface area contributed by atoms with Crippen molar-refractivity contribution in [3.05, 3.63) is 0 Å². The van der Waals surface area contributed by atoms with Crippen LogP contribution in [0.5, 0.6) is 0 Å². The molecule has 2 rings (SSSR count). The smallest absolute Gasteiger partial charge is 0.0174 e. The molecule has 0 radical (unpaired) electrons. The molecule has 0 aliphatic heterocycles. The minimum absolute atomic E-state index is 0.838. The van der Waals surface area contributed by atoms with Gasteiger partial charge in [0.25, 0.3) is 0 Å². The summed E-state index contributed by atoms with van der Waals surface area (Å²) in [4.78, 5) is 0.838. The first-order valence-electron chi connectivity index (χ1n) is 6.79. The van der Waals surface area contributed by atoms with Gasteiger partial charge < -0.3 is 0 Å². The molecule has 3 atom stereocenters. The second-order valence-electron chi connectivity index (χ2n) is 6.21. The molecule has 0 N–H and O–H groups in total. The summed E-state index contributed by atoms with van der Waals surface area (Å²) in [5.41, 5.74) is 0. The Labute approximate surface area is 103 Å². The molecular formula is C14H25Br. The lowest BCUT2D eigenvalue weighted by Crippen LogP contribution is -2.20. The molecule has 0 amide bonds. The molecule has 2 aliphatic carbocycles. The average molecular weight is 273 g/mol. The van der Waals surface area contributed by atoms with Gasteiger partial charge in [-0.05, 0) is 68.6 Å². The van der Waals surface area contributed by atoms with Crippen LogP contribution in [-0.4, -0.2) is 4.83 Å². The standard InChI is InChI=1S/C14H25Br/c1-10-7-11(2)9-12(8-10)3-6-14(15)13-4-5-13/h10-14H,3-9H2,1-2H3. The highest BCUT2D eigenvalue weighted by atomic mass is 79.9. The first kappa shape index (κ1) is 12.0. The van der Waals surface area contributed by atoms with Crippen LogP contribution >= 0.6 is 15.9 Å². The predicted molar refractivity (Wildman–Crippen MR) is 70.3 cm³/mol. The summed E-state index contributed by atoms with van der Waals surface area (Å²) in [7, 11) is 0. The van der Waals surface area contributed by atoms with Crippen molar-refractivity contribution < 1.29 is 0 Å². The first-order chi connectivity index (χ1) is 7.15. The zero-order valence-electron chi connectivity index (χ0n) is 10.2. The van der Waals surface area contributed by atoms with E-state index in [4.69, 9.17) is 0 Å². The molecule has 2 saturated carbocycles. The number of hydrogen-bond donors (Lipinski definition) is 0. The first-order valence-corrected chi connectivity index (χ1v) is 7.70. The fourth-order valence-electron chi connectivity index (χ4n) is 3.44. The van der Waals surface area contributed by atoms with Crippen molar-refractivity contribution >= 4 is 15.9 Å². The second kappa shape index (κ2) is 5.21. The maximum atomic E-state index is 3.86. The summed E-state index contributed by atoms with van der Waals surface area (Å²) < 4.78 is 0. The molecule has 2 aliphatic rings. The van der Waals surface area contributed by atoms with Crippen molar-refractivity contribution in [1.29, 1.82) is 0 Å². The fraction of sp³-hybridized carbons (Fsp3) is 1.00. The van der Waals surface area contributed by atoms with Gasteiger partial charge in [0.1, 0.15) is 0 Å². The van der Waals surface area contributed by atoms with Crippen molar-refractivity contribution in [3.8, 4) is 0 Å². The lowest BCUT2D eigenvalue weighted by Gasteiger charge is -2.31. The minimum atomic E-state index is 0.838. The van der Waals surface area contributed by atoms with Gasteiger partial charge in [0.2, 0.25) is 0 Å². The van der Waals surface area contributed by atoms with Crippen LogP contribution in [0.3, 0.4) is 0 Å². The Morgan fingerprint density at radius 3 is 2.20 bits per heavy atom. The summed E-state index contributed by atoms with van der Waals surface area (Å²) in [5.74, 6) is 4.02. The molecule has 88 valence electrons. The molecule has 0 aromatic carbocycles. The van der Waals surface area contributed by atoms with Gasteiger partial charge in [0, 0.05) is 4.83 Å². The number of alkyl halides is 1. The van der Waals surface area contributed by atoms with Gasteiger partial charge in [-0.1, -0.05) is 29.8 Å². The SMILES string of the molecule is CC1CC(C)CC(CCC(Br)C2CC2)C1. The third kappa shape index (κ3) is 3.76. The molecule has 2 fully saturated rings. The van der Waals surface area contributed by atoms with Crippen LogP contribution in [0.15, 0.2) is 0 Å². The zero-order chi connectivity index (χ0) is 10.8. The molecule has 1 heteroatoms. The third-order valence-corrected chi connectivity index (χ3v) is 5.47. The molecular weight excluding hydrogens is 248 g/mol. The molecule has 0 spiro atoms. The molecule has 3 unspecified atom stereocenters. The maximum absolute atomic E-state index is 3.86. The van der Waals surface area contributed by atoms with Gasteiger partial charge in [-0.25, -0.2) is 0 Å². The number of rotatable bonds is 4. The van der Waals surface area contributed by atoms with Gasteiger partial charge in [-0.3, -0.25) is 0 Å². The van der Waals surface area contributed by atoms with Crippen LogP contribution in [0.25, 0.3) is 0 Å². The van der Waals surface area contributed by atoms with E-state index < -0.39 is 0 Å². The van der Waals surface area contributed by atoms with E-state index in [1.807, 2.05) is 0 Å². The molecule has 0 bridgehead atoms. The van der Waals surface area contributed by atoms with E-state index in [0.29, 0.717) is 0 Å². The minimum Gasteiger partial charge on any atom is -0.0888 e. The van der Waals surface area contributed by atoms with E-state index in [1.165, 1.54) is 44.9 Å². The van der Waals surface area contributed by atoms with Gasteiger partial charge in [-0.2, -0.15) is 0 Å². The van der Waals surface area contributed by atoms with Crippen LogP contribution in [0.4, 0.5) is 0 Å². The van der Waals surface area contributed by atoms with Crippen LogP contribution in [0.2, 0.25) is 0 Å². The molecule has 0 heterocycles. The predicted octanol–water partition coefficient (Wildman–Crippen LogP) is 5.01. The Kier molecular flexibility index (Phi) is 4.15. The highest BCUT2D eigenvalue weighted by molar-refractivity contribution is 9.09. The number of hydrogen-bond acceptors (Lipinski definition) is 0. The van der Waals surface area contributed by atoms with Crippen LogP contribution < -0.4 is 0 Å². The quantitative estimate of drug-likeness (QED) is 0.631. The van der Waals surface area contributed by atoms with Crippen LogP contribution in [-0.2, 0) is 0 Å². The molecule has 0 aromatic heterocycles. The van der Waals surface area contributed by atoms with Crippen molar-refractivity contribution in [2.45, 2.75) is 63.6 Å². The summed E-state index contributed by atoms with van der Waals surface area (Å²) in [5, 5.41) is 0. The third-order valence-electron chi connectivity index (χ3n) is 4.26. The highest BCUT2D eigenvalue weighted by Crippen LogP contribution is 2.41. The topological polar surface area (TPSA) is 0 Å². The zero-order valence-corrected chi connectivity index (χ0v) is 11.8. The summed E-state index contributed by atoms with van der Waals surface area (Å²) in [6.45, 7) is 4.88. The molecule has 0 nitrogen and oxygen atoms in total. The fourth-order valence-corrected chi connectivity index (χ4v) is 4.23. The molecule has 0 saturated heterocycles. The summed E-state index contributed by atoms with van der Waals surface area (Å²) in [6.07, 6.45) is 10.3. The van der Waals surface area contributed by atoms with Gasteiger partial charge >= 0.3 is 0 Å². The van der Waals surface area contributed by atoms with E-state index in [2.05, 4.69) is 29.8 Å². The van der Waals surface area contributed by atoms with E-state index in [0.717, 1.165) is 28.5 Å². The van der Waals surface area contributed by atoms with Gasteiger partial charge in [-0.15, -0.1) is 0 Å². The Hall–Kier alpha value is 0.480. The normalized spacial score (nSPS) is 39.0. The Balaban J connectivity index is 1.68. The molecule has 0 aromatic rings. The Morgan fingerprint density at radius 2 is 1.67 bits per heavy atom. The largest absolute Gasteiger partial charge is 0.0888 e. The summed E-state index contributed by atoms with van der Waals surface area (Å²) >= 11 is 3.86. The van der Waals surface area contributed by atoms with Crippen molar-refractivity contribution in [1.82, 2.24) is 0 Å². The Morgan fingerprint density at radius 1 is 1.07 bits per heavy atom. The summed E-state index contributed by atoms with van der Waals surface area (Å²) in [6, 6.07) is 0. The lowest BCUT2D eigenvalue weighted by atomic mass is 9.75. The Bertz CT molecular complexity index is 188. The lowest BCUT2D eigenvalue weighted by molar-refractivity contribution is 0.206. The average Bonchev–Trinajstić information content (AvgIpc) is 2.95. The van der Waals surface area contributed by atoms with Gasteiger partial charge in [0.05, 0.1) is 0 Å². The highest BCUT2D eigenvalue weighted by Gasteiger charge is 2.30. The number of halogens is 1. The molecule has 15 heavy (non-hydrogen) atoms. The van der Waals surface area contributed by atoms with E-state index in [-0.39, 0.29) is 0 Å². The van der Waals surface area contributed by atoms with Crippen molar-refractivity contribution in [3.63, 3.8) is 0 Å². The van der Waals surface area contributed by atoms with Crippen LogP contribution in [0.1, 0.15) is 58.8 Å². The van der Waals surface area contributed by atoms with Crippen LogP contribution in [0, 0.1) is 23.7 Å².